The minimum atomic E-state index is -0.0429. The molecular formula is C11H16N2O. The Labute approximate surface area is 84.7 Å². The van der Waals surface area contributed by atoms with E-state index in [2.05, 4.69) is 5.32 Å². The predicted octanol–water partition coefficient (Wildman–Crippen LogP) is 2.02. The van der Waals surface area contributed by atoms with Crippen molar-refractivity contribution in [1.82, 2.24) is 0 Å². The number of hydrogen-bond acceptors (Lipinski definition) is 2. The van der Waals surface area contributed by atoms with Crippen molar-refractivity contribution in [2.24, 2.45) is 0 Å². The molecule has 1 rings (SSSR count). The van der Waals surface area contributed by atoms with Gasteiger partial charge >= 0.3 is 0 Å². The van der Waals surface area contributed by atoms with Crippen LogP contribution >= 0.6 is 0 Å². The summed E-state index contributed by atoms with van der Waals surface area (Å²) in [5, 5.41) is 2.81. The average Bonchev–Trinajstić information content (AvgIpc) is 2.01. The maximum absolute atomic E-state index is 11.0. The molecule has 0 aliphatic carbocycles. The highest BCUT2D eigenvalue weighted by Crippen LogP contribution is 2.25. The summed E-state index contributed by atoms with van der Waals surface area (Å²) >= 11 is 0. The van der Waals surface area contributed by atoms with E-state index < -0.39 is 0 Å². The molecule has 3 heteroatoms. The zero-order valence-corrected chi connectivity index (χ0v) is 9.09. The maximum Gasteiger partial charge on any atom is 0.221 e. The minimum absolute atomic E-state index is 0.0429. The van der Waals surface area contributed by atoms with Crippen molar-refractivity contribution in [3.05, 3.63) is 23.8 Å². The Balaban J connectivity index is 3.09. The first-order valence-corrected chi connectivity index (χ1v) is 4.56. The molecule has 3 nitrogen and oxygen atoms in total. The van der Waals surface area contributed by atoms with Crippen LogP contribution in [0.25, 0.3) is 0 Å². The Morgan fingerprint density at radius 1 is 1.36 bits per heavy atom. The molecule has 0 unspecified atom stereocenters. The van der Waals surface area contributed by atoms with Crippen LogP contribution in [0.1, 0.15) is 12.5 Å². The molecule has 0 heterocycles. The lowest BCUT2D eigenvalue weighted by Gasteiger charge is -2.17. The van der Waals surface area contributed by atoms with Crippen LogP contribution in [0.4, 0.5) is 11.4 Å². The van der Waals surface area contributed by atoms with Gasteiger partial charge in [0.15, 0.2) is 0 Å². The fourth-order valence-electron chi connectivity index (χ4n) is 1.33. The number of benzene rings is 1. The fraction of sp³-hybridized carbons (Fsp3) is 0.364. The van der Waals surface area contributed by atoms with Gasteiger partial charge in [0.1, 0.15) is 0 Å². The number of nitrogens with one attached hydrogen (secondary N) is 1. The molecule has 0 aromatic heterocycles. The molecular weight excluding hydrogens is 176 g/mol. The number of carbonyl (C=O) groups excluding carboxylic acids is 1. The quantitative estimate of drug-likeness (QED) is 0.777. The molecule has 76 valence electrons. The molecule has 0 radical (unpaired) electrons. The summed E-state index contributed by atoms with van der Waals surface area (Å²) in [6, 6.07) is 6.00. The molecule has 1 amide bonds. The SMILES string of the molecule is CC(=O)Nc1cc(C)ccc1N(C)C. The zero-order valence-electron chi connectivity index (χ0n) is 9.09. The molecule has 0 saturated carbocycles. The lowest BCUT2D eigenvalue weighted by Crippen LogP contribution is -2.14. The van der Waals surface area contributed by atoms with Gasteiger partial charge in [0, 0.05) is 21.0 Å². The van der Waals surface area contributed by atoms with Gasteiger partial charge in [-0.15, -0.1) is 0 Å². The van der Waals surface area contributed by atoms with Gasteiger partial charge < -0.3 is 10.2 Å². The maximum atomic E-state index is 11.0. The van der Waals surface area contributed by atoms with E-state index in [0.29, 0.717) is 0 Å². The second-order valence-corrected chi connectivity index (χ2v) is 3.60. The summed E-state index contributed by atoms with van der Waals surface area (Å²) in [6.45, 7) is 3.52. The van der Waals surface area contributed by atoms with Gasteiger partial charge in [-0.05, 0) is 24.6 Å². The first-order valence-electron chi connectivity index (χ1n) is 4.56. The smallest absolute Gasteiger partial charge is 0.221 e. The first-order chi connectivity index (χ1) is 6.50. The molecule has 0 aliphatic rings. The Morgan fingerprint density at radius 3 is 2.50 bits per heavy atom. The van der Waals surface area contributed by atoms with Gasteiger partial charge in [0.05, 0.1) is 11.4 Å². The number of nitrogens with zero attached hydrogens (tertiary/aromatic N) is 1. The Hall–Kier alpha value is -1.51. The molecule has 0 saturated heterocycles. The van der Waals surface area contributed by atoms with Crippen LogP contribution in [0.5, 0.6) is 0 Å². The van der Waals surface area contributed by atoms with E-state index in [0.717, 1.165) is 16.9 Å². The second kappa shape index (κ2) is 4.13. The lowest BCUT2D eigenvalue weighted by atomic mass is 10.2. The van der Waals surface area contributed by atoms with Crippen molar-refractivity contribution in [3.63, 3.8) is 0 Å². The van der Waals surface area contributed by atoms with Crippen molar-refractivity contribution < 1.29 is 4.79 Å². The summed E-state index contributed by atoms with van der Waals surface area (Å²) in [5.74, 6) is -0.0429. The normalized spacial score (nSPS) is 9.71. The van der Waals surface area contributed by atoms with Crippen LogP contribution in [-0.4, -0.2) is 20.0 Å². The standard InChI is InChI=1S/C11H16N2O/c1-8-5-6-11(13(3)4)10(7-8)12-9(2)14/h5-7H,1-4H3,(H,12,14). The molecule has 14 heavy (non-hydrogen) atoms. The van der Waals surface area contributed by atoms with Crippen LogP contribution < -0.4 is 10.2 Å². The molecule has 0 bridgehead atoms. The third-order valence-corrected chi connectivity index (χ3v) is 1.94. The number of hydrogen-bond donors (Lipinski definition) is 1. The molecule has 1 aromatic rings. The van der Waals surface area contributed by atoms with E-state index in [1.807, 2.05) is 44.1 Å². The summed E-state index contributed by atoms with van der Waals surface area (Å²) in [4.78, 5) is 12.9. The number of amides is 1. The van der Waals surface area contributed by atoms with Crippen molar-refractivity contribution in [1.29, 1.82) is 0 Å². The highest BCUT2D eigenvalue weighted by molar-refractivity contribution is 5.92. The highest BCUT2D eigenvalue weighted by Gasteiger charge is 2.05. The average molecular weight is 192 g/mol. The van der Waals surface area contributed by atoms with Crippen molar-refractivity contribution >= 4 is 17.3 Å². The zero-order chi connectivity index (χ0) is 10.7. The van der Waals surface area contributed by atoms with E-state index in [9.17, 15) is 4.79 Å². The summed E-state index contributed by atoms with van der Waals surface area (Å²) in [6.07, 6.45) is 0. The van der Waals surface area contributed by atoms with Crippen molar-refractivity contribution in [3.8, 4) is 0 Å². The van der Waals surface area contributed by atoms with Crippen molar-refractivity contribution in [2.45, 2.75) is 13.8 Å². The molecule has 1 aromatic carbocycles. The van der Waals surface area contributed by atoms with E-state index >= 15 is 0 Å². The molecule has 0 atom stereocenters. The first kappa shape index (κ1) is 10.6. The molecule has 1 N–H and O–H groups in total. The second-order valence-electron chi connectivity index (χ2n) is 3.60. The van der Waals surface area contributed by atoms with Gasteiger partial charge in [0.2, 0.25) is 5.91 Å². The molecule has 0 aliphatic heterocycles. The van der Waals surface area contributed by atoms with Gasteiger partial charge in [-0.2, -0.15) is 0 Å². The van der Waals surface area contributed by atoms with E-state index in [1.165, 1.54) is 6.92 Å². The van der Waals surface area contributed by atoms with Crippen LogP contribution in [0.3, 0.4) is 0 Å². The number of aryl methyl sites for hydroxylation is 1. The number of anilines is 2. The van der Waals surface area contributed by atoms with Crippen molar-refractivity contribution in [2.75, 3.05) is 24.3 Å². The van der Waals surface area contributed by atoms with Crippen LogP contribution in [0.15, 0.2) is 18.2 Å². The number of carbonyl (C=O) groups is 1. The van der Waals surface area contributed by atoms with Gasteiger partial charge in [-0.3, -0.25) is 4.79 Å². The Morgan fingerprint density at radius 2 is 2.00 bits per heavy atom. The number of rotatable bonds is 2. The Bertz CT molecular complexity index is 345. The fourth-order valence-corrected chi connectivity index (χ4v) is 1.33. The van der Waals surface area contributed by atoms with E-state index in [1.54, 1.807) is 0 Å². The van der Waals surface area contributed by atoms with Gasteiger partial charge in [-0.25, -0.2) is 0 Å². The topological polar surface area (TPSA) is 32.3 Å². The predicted molar refractivity (Wildman–Crippen MR) is 59.8 cm³/mol. The highest BCUT2D eigenvalue weighted by atomic mass is 16.1. The largest absolute Gasteiger partial charge is 0.376 e. The van der Waals surface area contributed by atoms with Crippen LogP contribution in [0.2, 0.25) is 0 Å². The Kier molecular flexibility index (Phi) is 3.12. The van der Waals surface area contributed by atoms with Gasteiger partial charge in [0.25, 0.3) is 0 Å². The summed E-state index contributed by atoms with van der Waals surface area (Å²) in [5.41, 5.74) is 3.02. The van der Waals surface area contributed by atoms with E-state index in [-0.39, 0.29) is 5.91 Å². The molecule has 0 spiro atoms. The monoisotopic (exact) mass is 192 g/mol. The van der Waals surface area contributed by atoms with Crippen LogP contribution in [-0.2, 0) is 4.79 Å². The molecule has 0 fully saturated rings. The third kappa shape index (κ3) is 2.49. The minimum Gasteiger partial charge on any atom is -0.376 e. The summed E-state index contributed by atoms with van der Waals surface area (Å²) < 4.78 is 0. The summed E-state index contributed by atoms with van der Waals surface area (Å²) in [7, 11) is 3.91. The van der Waals surface area contributed by atoms with Crippen LogP contribution in [0, 0.1) is 6.92 Å². The van der Waals surface area contributed by atoms with Gasteiger partial charge in [-0.1, -0.05) is 6.07 Å². The van der Waals surface area contributed by atoms with E-state index in [4.69, 9.17) is 0 Å². The third-order valence-electron chi connectivity index (χ3n) is 1.94. The lowest BCUT2D eigenvalue weighted by molar-refractivity contribution is -0.114.